The Balaban J connectivity index is 1.62. The second-order valence-electron chi connectivity index (χ2n) is 7.81. The first-order valence-electron chi connectivity index (χ1n) is 10.7. The maximum absolute atomic E-state index is 15.0. The lowest BCUT2D eigenvalue weighted by atomic mass is 9.99. The topological polar surface area (TPSA) is 88.7 Å². The molecule has 9 heteroatoms. The third-order valence-electron chi connectivity index (χ3n) is 5.65. The maximum atomic E-state index is 15.0. The molecule has 0 aliphatic carbocycles. The molecule has 0 bridgehead atoms. The molecule has 1 aromatic heterocycles. The summed E-state index contributed by atoms with van der Waals surface area (Å²) in [6.07, 6.45) is 4.34. The summed E-state index contributed by atoms with van der Waals surface area (Å²) in [5.74, 6) is -1.47. The molecule has 2 heterocycles. The predicted molar refractivity (Wildman–Crippen MR) is 124 cm³/mol. The quantitative estimate of drug-likeness (QED) is 0.508. The molecule has 0 saturated carbocycles. The Morgan fingerprint density at radius 2 is 2.00 bits per heavy atom. The number of benzene rings is 2. The van der Waals surface area contributed by atoms with E-state index in [9.17, 15) is 18.7 Å². The lowest BCUT2D eigenvalue weighted by Crippen LogP contribution is -2.48. The Morgan fingerprint density at radius 3 is 2.68 bits per heavy atom. The van der Waals surface area contributed by atoms with Crippen molar-refractivity contribution in [2.45, 2.75) is 18.7 Å². The van der Waals surface area contributed by atoms with Crippen LogP contribution >= 0.6 is 0 Å². The average molecular weight is 466 g/mol. The van der Waals surface area contributed by atoms with E-state index in [2.05, 4.69) is 15.4 Å². The van der Waals surface area contributed by atoms with Crippen molar-refractivity contribution in [2.75, 3.05) is 20.3 Å². The van der Waals surface area contributed by atoms with Gasteiger partial charge in [0.1, 0.15) is 17.7 Å². The number of aliphatic hydroxyl groups is 1. The number of hydrogen-bond acceptors (Lipinski definition) is 5. The van der Waals surface area contributed by atoms with Gasteiger partial charge in [0.15, 0.2) is 0 Å². The van der Waals surface area contributed by atoms with Crippen LogP contribution < -0.4 is 5.32 Å². The minimum Gasteiger partial charge on any atom is -0.394 e. The number of ether oxygens (including phenoxy) is 1. The number of methoxy groups -OCH3 is 1. The zero-order valence-electron chi connectivity index (χ0n) is 18.5. The number of hydrogen-bond donors (Lipinski definition) is 2. The zero-order valence-corrected chi connectivity index (χ0v) is 18.5. The molecule has 2 atom stereocenters. The van der Waals surface area contributed by atoms with Crippen molar-refractivity contribution in [1.29, 1.82) is 0 Å². The van der Waals surface area contributed by atoms with E-state index in [1.807, 2.05) is 0 Å². The van der Waals surface area contributed by atoms with E-state index in [0.29, 0.717) is 5.71 Å². The van der Waals surface area contributed by atoms with Crippen molar-refractivity contribution >= 4 is 17.2 Å². The molecule has 1 aliphatic heterocycles. The minimum atomic E-state index is -0.695. The Kier molecular flexibility index (Phi) is 7.24. The van der Waals surface area contributed by atoms with Crippen molar-refractivity contribution in [3.05, 3.63) is 95.3 Å². The predicted octanol–water partition coefficient (Wildman–Crippen LogP) is 2.85. The summed E-state index contributed by atoms with van der Waals surface area (Å²) in [4.78, 5) is 17.7. The van der Waals surface area contributed by atoms with Crippen LogP contribution in [0.25, 0.3) is 5.57 Å². The summed E-state index contributed by atoms with van der Waals surface area (Å²) in [6.45, 7) is 0.210. The Bertz CT molecular complexity index is 1200. The second-order valence-corrected chi connectivity index (χ2v) is 7.81. The van der Waals surface area contributed by atoms with Crippen molar-refractivity contribution < 1.29 is 23.4 Å². The molecule has 0 spiro atoms. The molecule has 1 aliphatic rings. The van der Waals surface area contributed by atoms with Gasteiger partial charge in [-0.3, -0.25) is 14.5 Å². The fourth-order valence-corrected chi connectivity index (χ4v) is 3.87. The highest BCUT2D eigenvalue weighted by Gasteiger charge is 2.27. The van der Waals surface area contributed by atoms with Gasteiger partial charge >= 0.3 is 0 Å². The van der Waals surface area contributed by atoms with Crippen molar-refractivity contribution in [3.8, 4) is 0 Å². The standard InChI is InChI=1S/C25H24F2N4O3/c1-34-23(15-32)22(14-31-11-3-10-29-31)30-25(33)19-4-2-5-20(27)24(19)21-12-17(13-28-21)16-6-8-18(26)9-7-16/h2-12,22-23,32H,13-15H2,1H3,(H,30,33)/t22-,23-/m1/s1. The number of halogens is 2. The van der Waals surface area contributed by atoms with E-state index in [1.165, 1.54) is 37.4 Å². The summed E-state index contributed by atoms with van der Waals surface area (Å²) in [5.41, 5.74) is 2.08. The molecular weight excluding hydrogens is 442 g/mol. The van der Waals surface area contributed by atoms with Gasteiger partial charge in [-0.2, -0.15) is 5.10 Å². The van der Waals surface area contributed by atoms with Crippen LogP contribution in [0.5, 0.6) is 0 Å². The lowest BCUT2D eigenvalue weighted by Gasteiger charge is -2.26. The van der Waals surface area contributed by atoms with Crippen molar-refractivity contribution in [2.24, 2.45) is 4.99 Å². The highest BCUT2D eigenvalue weighted by atomic mass is 19.1. The number of aliphatic imine (C=N–C) groups is 1. The van der Waals surface area contributed by atoms with Crippen LogP contribution in [0.3, 0.4) is 0 Å². The molecule has 2 N–H and O–H groups in total. The molecule has 176 valence electrons. The van der Waals surface area contributed by atoms with Gasteiger partial charge < -0.3 is 15.2 Å². The lowest BCUT2D eigenvalue weighted by molar-refractivity contribution is 0.0166. The van der Waals surface area contributed by atoms with Crippen molar-refractivity contribution in [3.63, 3.8) is 0 Å². The SMILES string of the molecule is CO[C@H](CO)[C@@H](Cn1cccn1)NC(=O)c1cccc(F)c1C1=NCC(c2ccc(F)cc2)=C1. The first-order chi connectivity index (χ1) is 16.5. The van der Waals surface area contributed by atoms with Crippen LogP contribution in [0.1, 0.15) is 21.5 Å². The molecule has 2 aromatic carbocycles. The highest BCUT2D eigenvalue weighted by molar-refractivity contribution is 6.19. The van der Waals surface area contributed by atoms with Gasteiger partial charge in [-0.1, -0.05) is 18.2 Å². The number of aromatic nitrogens is 2. The summed E-state index contributed by atoms with van der Waals surface area (Å²) in [5, 5.41) is 16.7. The first-order valence-corrected chi connectivity index (χ1v) is 10.7. The third kappa shape index (κ3) is 5.11. The highest BCUT2D eigenvalue weighted by Crippen LogP contribution is 2.25. The average Bonchev–Trinajstić information content (AvgIpc) is 3.52. The molecule has 0 unspecified atom stereocenters. The van der Waals surface area contributed by atoms with Crippen molar-refractivity contribution in [1.82, 2.24) is 15.1 Å². The number of allylic oxidation sites excluding steroid dienone is 1. The molecular formula is C25H24F2N4O3. The molecule has 7 nitrogen and oxygen atoms in total. The van der Waals surface area contributed by atoms with Gasteiger partial charge in [0.25, 0.3) is 5.91 Å². The normalized spacial score (nSPS) is 14.9. The van der Waals surface area contributed by atoms with Crippen LogP contribution in [0.15, 0.2) is 72.0 Å². The van der Waals surface area contributed by atoms with E-state index in [1.54, 1.807) is 41.4 Å². The molecule has 1 amide bonds. The number of rotatable bonds is 9. The van der Waals surface area contributed by atoms with E-state index in [0.717, 1.165) is 11.1 Å². The van der Waals surface area contributed by atoms with E-state index in [-0.39, 0.29) is 36.6 Å². The first kappa shape index (κ1) is 23.5. The monoisotopic (exact) mass is 466 g/mol. The Labute approximate surface area is 195 Å². The van der Waals surface area contributed by atoms with Crippen LogP contribution in [-0.4, -0.2) is 58.9 Å². The van der Waals surface area contributed by atoms with Gasteiger partial charge in [0, 0.05) is 25.1 Å². The fourth-order valence-electron chi connectivity index (χ4n) is 3.87. The summed E-state index contributed by atoms with van der Waals surface area (Å²) >= 11 is 0. The van der Waals surface area contributed by atoms with Crippen LogP contribution in [-0.2, 0) is 11.3 Å². The molecule has 0 radical (unpaired) electrons. The smallest absolute Gasteiger partial charge is 0.252 e. The van der Waals surface area contributed by atoms with Gasteiger partial charge in [0.2, 0.25) is 0 Å². The summed E-state index contributed by atoms with van der Waals surface area (Å²) in [7, 11) is 1.44. The number of nitrogens with one attached hydrogen (secondary N) is 1. The molecule has 34 heavy (non-hydrogen) atoms. The molecule has 3 aromatic rings. The van der Waals surface area contributed by atoms with E-state index < -0.39 is 23.9 Å². The van der Waals surface area contributed by atoms with Gasteiger partial charge in [-0.25, -0.2) is 8.78 Å². The van der Waals surface area contributed by atoms with Gasteiger partial charge in [0.05, 0.1) is 37.0 Å². The number of carbonyl (C=O) groups is 1. The number of nitrogens with zero attached hydrogens (tertiary/aromatic N) is 3. The van der Waals surface area contributed by atoms with E-state index >= 15 is 0 Å². The molecule has 0 fully saturated rings. The second kappa shape index (κ2) is 10.5. The number of carbonyl (C=O) groups excluding carboxylic acids is 1. The van der Waals surface area contributed by atoms with Crippen LogP contribution in [0, 0.1) is 11.6 Å². The summed E-state index contributed by atoms with van der Waals surface area (Å²) < 4.78 is 35.2. The van der Waals surface area contributed by atoms with Crippen LogP contribution in [0.2, 0.25) is 0 Å². The Morgan fingerprint density at radius 1 is 1.21 bits per heavy atom. The number of amides is 1. The van der Waals surface area contributed by atoms with Gasteiger partial charge in [-0.05, 0) is 47.5 Å². The zero-order chi connectivity index (χ0) is 24.1. The summed E-state index contributed by atoms with van der Waals surface area (Å²) in [6, 6.07) is 11.3. The van der Waals surface area contributed by atoms with Crippen LogP contribution in [0.4, 0.5) is 8.78 Å². The molecule has 0 saturated heterocycles. The largest absolute Gasteiger partial charge is 0.394 e. The third-order valence-corrected chi connectivity index (χ3v) is 5.65. The van der Waals surface area contributed by atoms with E-state index in [4.69, 9.17) is 4.74 Å². The minimum absolute atomic E-state index is 0.0768. The Hall–Kier alpha value is -3.69. The maximum Gasteiger partial charge on any atom is 0.252 e. The number of aliphatic hydroxyl groups excluding tert-OH is 1. The molecule has 4 rings (SSSR count). The van der Waals surface area contributed by atoms with Gasteiger partial charge in [-0.15, -0.1) is 0 Å². The fraction of sp³-hybridized carbons (Fsp3) is 0.240.